The first-order chi connectivity index (χ1) is 9.93. The minimum atomic E-state index is -0.949. The summed E-state index contributed by atoms with van der Waals surface area (Å²) in [4.78, 5) is 27.2. The van der Waals surface area contributed by atoms with Crippen molar-refractivity contribution < 1.29 is 14.7 Å². The number of carbonyl (C=O) groups is 2. The fourth-order valence-corrected chi connectivity index (χ4v) is 3.77. The first-order valence-corrected chi connectivity index (χ1v) is 7.92. The molecule has 0 spiro atoms. The Morgan fingerprint density at radius 2 is 1.90 bits per heavy atom. The maximum Gasteiger partial charge on any atom is 0.326 e. The Labute approximate surface area is 126 Å². The number of hydrogen-bond acceptors (Lipinski definition) is 3. The number of fused-ring (bicyclic) bond motifs is 2. The molecule has 0 aromatic rings. The molecular formula is C15H27N3O3. The predicted octanol–water partition coefficient (Wildman–Crippen LogP) is 1.51. The average Bonchev–Trinajstić information content (AvgIpc) is 2.40. The quantitative estimate of drug-likeness (QED) is 0.825. The van der Waals surface area contributed by atoms with Crippen molar-refractivity contribution in [3.05, 3.63) is 0 Å². The van der Waals surface area contributed by atoms with Crippen LogP contribution in [0.1, 0.15) is 45.4 Å². The van der Waals surface area contributed by atoms with E-state index in [1.165, 1.54) is 24.2 Å². The van der Waals surface area contributed by atoms with Gasteiger partial charge in [0.05, 0.1) is 0 Å². The highest BCUT2D eigenvalue weighted by Gasteiger charge is 2.37. The van der Waals surface area contributed by atoms with Crippen molar-refractivity contribution in [3.8, 4) is 0 Å². The van der Waals surface area contributed by atoms with Crippen LogP contribution in [0.3, 0.4) is 0 Å². The molecule has 0 saturated carbocycles. The fraction of sp³-hybridized carbons (Fsp3) is 0.867. The van der Waals surface area contributed by atoms with Gasteiger partial charge in [-0.25, -0.2) is 9.59 Å². The van der Waals surface area contributed by atoms with Crippen molar-refractivity contribution in [3.63, 3.8) is 0 Å². The van der Waals surface area contributed by atoms with Crippen LogP contribution in [-0.2, 0) is 4.79 Å². The van der Waals surface area contributed by atoms with E-state index in [0.29, 0.717) is 18.5 Å². The summed E-state index contributed by atoms with van der Waals surface area (Å²) in [5, 5.41) is 12.2. The molecule has 2 aliphatic rings. The maximum atomic E-state index is 12.3. The normalized spacial score (nSPS) is 30.5. The van der Waals surface area contributed by atoms with Gasteiger partial charge in [0, 0.05) is 25.2 Å². The number of carboxylic acid groups (broad SMARTS) is 1. The van der Waals surface area contributed by atoms with E-state index >= 15 is 0 Å². The lowest BCUT2D eigenvalue weighted by atomic mass is 9.82. The smallest absolute Gasteiger partial charge is 0.326 e. The number of aliphatic carboxylic acids is 1. The van der Waals surface area contributed by atoms with E-state index in [4.69, 9.17) is 5.11 Å². The Morgan fingerprint density at radius 3 is 2.38 bits per heavy atom. The highest BCUT2D eigenvalue weighted by molar-refractivity contribution is 5.82. The third-order valence-electron chi connectivity index (χ3n) is 5.13. The topological polar surface area (TPSA) is 72.9 Å². The van der Waals surface area contributed by atoms with Gasteiger partial charge >= 0.3 is 12.0 Å². The third-order valence-corrected chi connectivity index (χ3v) is 5.13. The number of amides is 2. The molecule has 2 heterocycles. The second kappa shape index (κ2) is 6.64. The second-order valence-corrected chi connectivity index (χ2v) is 6.40. The molecule has 6 nitrogen and oxygen atoms in total. The Balaban J connectivity index is 1.92. The predicted molar refractivity (Wildman–Crippen MR) is 80.2 cm³/mol. The number of hydrogen-bond donors (Lipinski definition) is 2. The SMILES string of the molecule is CCC(C(=O)O)N(C)C(=O)NC1CC2CCCC(C1)N2C. The van der Waals surface area contributed by atoms with Crippen LogP contribution in [0.5, 0.6) is 0 Å². The molecule has 2 amide bonds. The molecule has 6 heteroatoms. The monoisotopic (exact) mass is 297 g/mol. The van der Waals surface area contributed by atoms with Gasteiger partial charge in [0.25, 0.3) is 0 Å². The number of nitrogens with one attached hydrogen (secondary N) is 1. The summed E-state index contributed by atoms with van der Waals surface area (Å²) in [6, 6.07) is 0.245. The summed E-state index contributed by atoms with van der Waals surface area (Å²) in [6.45, 7) is 1.78. The highest BCUT2D eigenvalue weighted by Crippen LogP contribution is 2.32. The lowest BCUT2D eigenvalue weighted by Gasteiger charge is -2.47. The van der Waals surface area contributed by atoms with E-state index in [1.54, 1.807) is 14.0 Å². The number of nitrogens with zero attached hydrogens (tertiary/aromatic N) is 2. The van der Waals surface area contributed by atoms with Gasteiger partial charge < -0.3 is 20.2 Å². The number of carboxylic acids is 1. The van der Waals surface area contributed by atoms with E-state index in [9.17, 15) is 9.59 Å². The zero-order valence-electron chi connectivity index (χ0n) is 13.2. The molecule has 0 aromatic carbocycles. The summed E-state index contributed by atoms with van der Waals surface area (Å²) in [6.07, 6.45) is 6.02. The molecule has 0 aromatic heterocycles. The first kappa shape index (κ1) is 16.1. The lowest BCUT2D eigenvalue weighted by molar-refractivity contribution is -0.141. The summed E-state index contributed by atoms with van der Waals surface area (Å²) < 4.78 is 0. The van der Waals surface area contributed by atoms with Crippen LogP contribution in [0.15, 0.2) is 0 Å². The van der Waals surface area contributed by atoms with Gasteiger partial charge in [-0.2, -0.15) is 0 Å². The summed E-state index contributed by atoms with van der Waals surface area (Å²) in [5.74, 6) is -0.949. The molecule has 0 radical (unpaired) electrons. The molecule has 2 rings (SSSR count). The Bertz CT molecular complexity index is 388. The van der Waals surface area contributed by atoms with E-state index in [-0.39, 0.29) is 12.1 Å². The number of likely N-dealkylation sites (N-methyl/N-ethyl adjacent to an activating group) is 1. The van der Waals surface area contributed by atoms with Crippen LogP contribution < -0.4 is 5.32 Å². The third kappa shape index (κ3) is 3.48. The van der Waals surface area contributed by atoms with Gasteiger partial charge in [-0.1, -0.05) is 13.3 Å². The van der Waals surface area contributed by atoms with Gasteiger partial charge in [-0.3, -0.25) is 0 Å². The van der Waals surface area contributed by atoms with Gasteiger partial charge in [-0.15, -0.1) is 0 Å². The molecule has 3 atom stereocenters. The van der Waals surface area contributed by atoms with E-state index in [1.807, 2.05) is 0 Å². The maximum absolute atomic E-state index is 12.3. The van der Waals surface area contributed by atoms with E-state index in [0.717, 1.165) is 12.8 Å². The van der Waals surface area contributed by atoms with Crippen molar-refractivity contribution in [2.45, 2.75) is 69.6 Å². The molecule has 120 valence electrons. The van der Waals surface area contributed by atoms with Crippen LogP contribution in [0.25, 0.3) is 0 Å². The average molecular weight is 297 g/mol. The minimum absolute atomic E-state index is 0.165. The van der Waals surface area contributed by atoms with Crippen molar-refractivity contribution in [2.75, 3.05) is 14.1 Å². The number of rotatable bonds is 4. The second-order valence-electron chi connectivity index (χ2n) is 6.40. The first-order valence-electron chi connectivity index (χ1n) is 7.92. The standard InChI is InChI=1S/C15H27N3O3/c1-4-13(14(19)20)18(3)15(21)16-10-8-11-6-5-7-12(9-10)17(11)2/h10-13H,4-9H2,1-3H3,(H,16,21)(H,19,20). The molecular weight excluding hydrogens is 270 g/mol. The zero-order chi connectivity index (χ0) is 15.6. The summed E-state index contributed by atoms with van der Waals surface area (Å²) in [5.41, 5.74) is 0. The van der Waals surface area contributed by atoms with Crippen LogP contribution >= 0.6 is 0 Å². The number of carbonyl (C=O) groups excluding carboxylic acids is 1. The fourth-order valence-electron chi connectivity index (χ4n) is 3.77. The molecule has 2 saturated heterocycles. The summed E-state index contributed by atoms with van der Waals surface area (Å²) in [7, 11) is 3.74. The van der Waals surface area contributed by atoms with Crippen molar-refractivity contribution in [2.24, 2.45) is 0 Å². The largest absolute Gasteiger partial charge is 0.480 e. The summed E-state index contributed by atoms with van der Waals surface area (Å²) >= 11 is 0. The van der Waals surface area contributed by atoms with Crippen LogP contribution in [0.2, 0.25) is 0 Å². The molecule has 2 bridgehead atoms. The minimum Gasteiger partial charge on any atom is -0.480 e. The van der Waals surface area contributed by atoms with Crippen LogP contribution in [-0.4, -0.2) is 65.2 Å². The van der Waals surface area contributed by atoms with Crippen molar-refractivity contribution >= 4 is 12.0 Å². The lowest BCUT2D eigenvalue weighted by Crippen LogP contribution is -2.57. The number of urea groups is 1. The van der Waals surface area contributed by atoms with Crippen molar-refractivity contribution in [1.82, 2.24) is 15.1 Å². The van der Waals surface area contributed by atoms with Gasteiger partial charge in [0.1, 0.15) is 6.04 Å². The number of piperidine rings is 2. The molecule has 0 aliphatic carbocycles. The molecule has 2 fully saturated rings. The van der Waals surface area contributed by atoms with Gasteiger partial charge in [-0.05, 0) is 39.2 Å². The van der Waals surface area contributed by atoms with E-state index in [2.05, 4.69) is 17.3 Å². The highest BCUT2D eigenvalue weighted by atomic mass is 16.4. The van der Waals surface area contributed by atoms with Crippen molar-refractivity contribution in [1.29, 1.82) is 0 Å². The Morgan fingerprint density at radius 1 is 1.33 bits per heavy atom. The van der Waals surface area contributed by atoms with Crippen LogP contribution in [0, 0.1) is 0 Å². The zero-order valence-corrected chi connectivity index (χ0v) is 13.2. The Hall–Kier alpha value is -1.30. The molecule has 2 N–H and O–H groups in total. The van der Waals surface area contributed by atoms with Gasteiger partial charge in [0.2, 0.25) is 0 Å². The van der Waals surface area contributed by atoms with E-state index < -0.39 is 12.0 Å². The molecule has 3 unspecified atom stereocenters. The van der Waals surface area contributed by atoms with Crippen LogP contribution in [0.4, 0.5) is 4.79 Å². The molecule has 2 aliphatic heterocycles. The molecule has 21 heavy (non-hydrogen) atoms. The van der Waals surface area contributed by atoms with Gasteiger partial charge in [0.15, 0.2) is 0 Å². The Kier molecular flexibility index (Phi) is 5.08.